The molecule has 0 saturated heterocycles. The van der Waals surface area contributed by atoms with E-state index < -0.39 is 0 Å². The molecule has 0 radical (unpaired) electrons. The molecule has 78 valence electrons. The average Bonchev–Trinajstić information content (AvgIpc) is 2.19. The van der Waals surface area contributed by atoms with Gasteiger partial charge in [0.1, 0.15) is 0 Å². The Morgan fingerprint density at radius 1 is 1.27 bits per heavy atom. The normalized spacial score (nSPS) is 7.67. The van der Waals surface area contributed by atoms with Crippen molar-refractivity contribution >= 4 is 5.82 Å². The summed E-state index contributed by atoms with van der Waals surface area (Å²) < 4.78 is 0. The van der Waals surface area contributed by atoms with E-state index in [-0.39, 0.29) is 31.1 Å². The second-order valence-electron chi connectivity index (χ2n) is 2.61. The first kappa shape index (κ1) is 16.9. The molecule has 0 unspecified atom stereocenters. The first-order valence-corrected chi connectivity index (χ1v) is 4.15. The zero-order valence-electron chi connectivity index (χ0n) is 9.44. The Morgan fingerprint density at radius 2 is 1.80 bits per heavy atom. The van der Waals surface area contributed by atoms with Gasteiger partial charge >= 0.3 is 31.1 Å². The number of nitriles is 1. The largest absolute Gasteiger partial charge is 2.00 e. The predicted molar refractivity (Wildman–Crippen MR) is 57.8 cm³/mol. The molecule has 0 aliphatic carbocycles. The number of hydrogen-bond acceptors (Lipinski definition) is 2. The van der Waals surface area contributed by atoms with Crippen LogP contribution < -0.4 is 0 Å². The minimum atomic E-state index is 0. The smallest absolute Gasteiger partial charge is 0.668 e. The minimum absolute atomic E-state index is 0. The van der Waals surface area contributed by atoms with Gasteiger partial charge in [-0.2, -0.15) is 19.4 Å². The van der Waals surface area contributed by atoms with Gasteiger partial charge in [0.05, 0.1) is 11.6 Å². The maximum absolute atomic E-state index is 8.59. The van der Waals surface area contributed by atoms with Gasteiger partial charge in [0, 0.05) is 0 Å². The van der Waals surface area contributed by atoms with Crippen molar-refractivity contribution in [3.8, 4) is 6.07 Å². The van der Waals surface area contributed by atoms with Crippen molar-refractivity contribution < 1.29 is 31.1 Å². The van der Waals surface area contributed by atoms with Crippen LogP contribution in [0.2, 0.25) is 0 Å². The third-order valence-electron chi connectivity index (χ3n) is 1.35. The Kier molecular flexibility index (Phi) is 11.2. The first-order chi connectivity index (χ1) is 6.69. The molecular weight excluding hydrogens is 414 g/mol. The van der Waals surface area contributed by atoms with Crippen LogP contribution in [-0.2, 0) is 0 Å². The van der Waals surface area contributed by atoms with Crippen LogP contribution in [0.25, 0.3) is 10.6 Å². The molecule has 15 heavy (non-hydrogen) atoms. The Morgan fingerprint density at radius 3 is 2.20 bits per heavy atom. The third-order valence-corrected chi connectivity index (χ3v) is 1.35. The van der Waals surface area contributed by atoms with E-state index in [4.69, 9.17) is 5.26 Å². The summed E-state index contributed by atoms with van der Waals surface area (Å²) in [6.45, 7) is 1.87. The molecule has 0 spiro atoms. The number of rotatable bonds is 1. The van der Waals surface area contributed by atoms with Gasteiger partial charge < -0.3 is 15.6 Å². The Labute approximate surface area is 115 Å². The fourth-order valence-electron chi connectivity index (χ4n) is 0.801. The number of hydrogen-bond donors (Lipinski definition) is 0. The summed E-state index contributed by atoms with van der Waals surface area (Å²) in [5, 5.41) is 16.0. The Bertz CT molecular complexity index is 320. The van der Waals surface area contributed by atoms with Gasteiger partial charge in [-0.15, -0.1) is 0 Å². The summed E-state index contributed by atoms with van der Waals surface area (Å²) in [5.41, 5.74) is 1.41. The van der Waals surface area contributed by atoms with Crippen molar-refractivity contribution in [2.75, 3.05) is 21.1 Å². The van der Waals surface area contributed by atoms with E-state index in [1.165, 1.54) is 0 Å². The summed E-state index contributed by atoms with van der Waals surface area (Å²) in [6.07, 6.45) is 0. The molecule has 0 aromatic carbocycles. The van der Waals surface area contributed by atoms with Crippen LogP contribution in [0.4, 0.5) is 5.82 Å². The van der Waals surface area contributed by atoms with Gasteiger partial charge in [0.15, 0.2) is 0 Å². The van der Waals surface area contributed by atoms with Crippen LogP contribution in [0, 0.1) is 49.4 Å². The topological polar surface area (TPSA) is 64.9 Å². The van der Waals surface area contributed by atoms with E-state index in [0.717, 1.165) is 5.69 Å². The molecule has 1 aromatic rings. The van der Waals surface area contributed by atoms with Gasteiger partial charge in [0.2, 0.25) is 0 Å². The molecule has 5 heteroatoms. The molecule has 0 saturated carbocycles. The molecule has 0 atom stereocenters. The standard InChI is InChI=1S/C8H8N3.C2H6N.U/c1-6-3-4-7(5-9)8(10-2)11-6;1-3-2;/h3-4H,1-2H3;1-2H3;/q2*-1;+2. The van der Waals surface area contributed by atoms with Crippen molar-refractivity contribution in [2.24, 2.45) is 0 Å². The maximum Gasteiger partial charge on any atom is 2.00 e. The summed E-state index contributed by atoms with van der Waals surface area (Å²) in [6, 6.07) is 5.54. The monoisotopic (exact) mass is 428 g/mol. The Balaban J connectivity index is 0. The molecule has 0 amide bonds. The van der Waals surface area contributed by atoms with Crippen molar-refractivity contribution in [2.45, 2.75) is 6.92 Å². The van der Waals surface area contributed by atoms with E-state index in [0.29, 0.717) is 11.4 Å². The van der Waals surface area contributed by atoms with E-state index in [9.17, 15) is 0 Å². The van der Waals surface area contributed by atoms with Gasteiger partial charge in [-0.05, 0) is 18.8 Å². The van der Waals surface area contributed by atoms with Gasteiger partial charge in [-0.1, -0.05) is 18.8 Å². The quantitative estimate of drug-likeness (QED) is 0.690. The van der Waals surface area contributed by atoms with Crippen molar-refractivity contribution in [1.82, 2.24) is 4.98 Å². The van der Waals surface area contributed by atoms with E-state index in [2.05, 4.69) is 15.6 Å². The third kappa shape index (κ3) is 6.52. The summed E-state index contributed by atoms with van der Waals surface area (Å²) in [4.78, 5) is 4.07. The predicted octanol–water partition coefficient (Wildman–Crippen LogP) is 2.52. The maximum atomic E-state index is 8.59. The molecule has 0 fully saturated rings. The van der Waals surface area contributed by atoms with E-state index >= 15 is 0 Å². The van der Waals surface area contributed by atoms with Gasteiger partial charge in [-0.25, -0.2) is 0 Å². The van der Waals surface area contributed by atoms with Crippen LogP contribution in [-0.4, -0.2) is 26.1 Å². The number of nitrogens with zero attached hydrogens (tertiary/aromatic N) is 4. The van der Waals surface area contributed by atoms with Gasteiger partial charge in [-0.3, -0.25) is 0 Å². The van der Waals surface area contributed by atoms with E-state index in [1.54, 1.807) is 33.3 Å². The van der Waals surface area contributed by atoms with Crippen molar-refractivity contribution in [1.29, 1.82) is 5.26 Å². The minimum Gasteiger partial charge on any atom is -0.668 e. The van der Waals surface area contributed by atoms with Gasteiger partial charge in [0.25, 0.3) is 0 Å². The fraction of sp³-hybridized carbons (Fsp3) is 0.400. The van der Waals surface area contributed by atoms with Crippen LogP contribution in [0.3, 0.4) is 0 Å². The molecule has 0 aliphatic rings. The first-order valence-electron chi connectivity index (χ1n) is 4.15. The Hall–Kier alpha value is -0.548. The summed E-state index contributed by atoms with van der Waals surface area (Å²) in [7, 11) is 5.13. The number of aromatic nitrogens is 1. The molecule has 1 rings (SSSR count). The molecule has 1 aromatic heterocycles. The van der Waals surface area contributed by atoms with Crippen LogP contribution >= 0.6 is 0 Å². The molecular formula is C10H14N4U. The van der Waals surface area contributed by atoms with Crippen LogP contribution in [0.15, 0.2) is 12.1 Å². The zero-order chi connectivity index (χ0) is 11.0. The van der Waals surface area contributed by atoms with Crippen LogP contribution in [0.5, 0.6) is 0 Å². The number of aryl methyl sites for hydroxylation is 1. The van der Waals surface area contributed by atoms with Crippen LogP contribution in [0.1, 0.15) is 11.3 Å². The molecule has 0 N–H and O–H groups in total. The van der Waals surface area contributed by atoms with E-state index in [1.807, 2.05) is 13.0 Å². The fourth-order valence-corrected chi connectivity index (χ4v) is 0.801. The second kappa shape index (κ2) is 9.99. The summed E-state index contributed by atoms with van der Waals surface area (Å²) >= 11 is 0. The van der Waals surface area contributed by atoms with Crippen molar-refractivity contribution in [3.63, 3.8) is 0 Å². The number of pyridine rings is 1. The average molecular weight is 428 g/mol. The molecule has 4 nitrogen and oxygen atoms in total. The van der Waals surface area contributed by atoms with Crippen molar-refractivity contribution in [3.05, 3.63) is 34.0 Å². The SMILES string of the molecule is C[N-]C.C[N-]c1nc(C)ccc1C#N.[U+2]. The second-order valence-corrected chi connectivity index (χ2v) is 2.61. The summed E-state index contributed by atoms with van der Waals surface area (Å²) in [5.74, 6) is 0.521. The molecule has 0 aliphatic heterocycles. The molecule has 1 heterocycles. The molecule has 0 bridgehead atoms. The zero-order valence-corrected chi connectivity index (χ0v) is 13.6.